The van der Waals surface area contributed by atoms with Crippen molar-refractivity contribution in [2.75, 3.05) is 0 Å². The minimum atomic E-state index is -0.937. The molecule has 0 saturated carbocycles. The second kappa shape index (κ2) is 7.35. The summed E-state index contributed by atoms with van der Waals surface area (Å²) in [5, 5.41) is 7.97. The molecular formula is C14H13ClN2O3. The van der Waals surface area contributed by atoms with E-state index in [9.17, 15) is 9.59 Å². The lowest BCUT2D eigenvalue weighted by molar-refractivity contribution is 0.0696. The maximum Gasteiger partial charge on any atom is 0.337 e. The zero-order valence-corrected chi connectivity index (χ0v) is 11.8. The van der Waals surface area contributed by atoms with Crippen molar-refractivity contribution >= 4 is 22.8 Å². The maximum atomic E-state index is 10.5. The second-order valence-electron chi connectivity index (χ2n) is 3.96. The first kappa shape index (κ1) is 15.8. The van der Waals surface area contributed by atoms with Gasteiger partial charge in [0.15, 0.2) is 0 Å². The molecular weight excluding hydrogens is 280 g/mol. The van der Waals surface area contributed by atoms with Crippen LogP contribution < -0.4 is 0 Å². The quantitative estimate of drug-likeness (QED) is 0.861. The number of hydrogen-bond donors (Lipinski definition) is 1. The van der Waals surface area contributed by atoms with Gasteiger partial charge in [-0.15, -0.1) is 0 Å². The molecule has 0 amide bonds. The zero-order valence-electron chi connectivity index (χ0n) is 11.0. The van der Waals surface area contributed by atoms with E-state index < -0.39 is 11.2 Å². The first-order valence-electron chi connectivity index (χ1n) is 5.68. The van der Waals surface area contributed by atoms with E-state index in [1.165, 1.54) is 18.5 Å². The SMILES string of the molecule is Cc1ccc(C(=O)Cl)cn1.Cc1ccc(C(=O)O)cn1. The van der Waals surface area contributed by atoms with Crippen molar-refractivity contribution in [1.29, 1.82) is 0 Å². The molecule has 0 aliphatic heterocycles. The summed E-state index contributed by atoms with van der Waals surface area (Å²) in [6, 6.07) is 6.60. The average Bonchev–Trinajstić information content (AvgIpc) is 2.40. The van der Waals surface area contributed by atoms with Gasteiger partial charge >= 0.3 is 5.97 Å². The van der Waals surface area contributed by atoms with Crippen LogP contribution in [-0.4, -0.2) is 26.3 Å². The van der Waals surface area contributed by atoms with Crippen LogP contribution in [0.4, 0.5) is 0 Å². The number of rotatable bonds is 2. The monoisotopic (exact) mass is 292 g/mol. The molecule has 0 aliphatic carbocycles. The molecule has 6 heteroatoms. The maximum absolute atomic E-state index is 10.5. The predicted octanol–water partition coefficient (Wildman–Crippen LogP) is 2.86. The van der Waals surface area contributed by atoms with Crippen LogP contribution in [0.2, 0.25) is 0 Å². The van der Waals surface area contributed by atoms with Crippen molar-refractivity contribution in [3.8, 4) is 0 Å². The Morgan fingerprint density at radius 2 is 1.40 bits per heavy atom. The Kier molecular flexibility index (Phi) is 5.80. The summed E-state index contributed by atoms with van der Waals surface area (Å²) < 4.78 is 0. The standard InChI is InChI=1S/C7H6ClNO.C7H7NO2/c1-5-2-3-6(4-9-5)7(8)10;1-5-2-3-6(4-8-5)7(9)10/h2-4H,1H3;2-4H,1H3,(H,9,10). The second-order valence-corrected chi connectivity index (χ2v) is 4.30. The van der Waals surface area contributed by atoms with Crippen LogP contribution in [0, 0.1) is 13.8 Å². The Hall–Kier alpha value is -2.27. The number of aryl methyl sites for hydroxylation is 2. The summed E-state index contributed by atoms with van der Waals surface area (Å²) in [5.74, 6) is -0.937. The van der Waals surface area contributed by atoms with Gasteiger partial charge in [0.1, 0.15) is 0 Å². The summed E-state index contributed by atoms with van der Waals surface area (Å²) in [7, 11) is 0. The number of aromatic nitrogens is 2. The molecule has 0 aromatic carbocycles. The van der Waals surface area contributed by atoms with Crippen molar-refractivity contribution < 1.29 is 14.7 Å². The first-order chi connectivity index (χ1) is 9.40. The Morgan fingerprint density at radius 1 is 0.950 bits per heavy atom. The van der Waals surface area contributed by atoms with Crippen LogP contribution in [0.25, 0.3) is 0 Å². The highest BCUT2D eigenvalue weighted by Gasteiger charge is 2.00. The molecule has 0 unspecified atom stereocenters. The molecule has 104 valence electrons. The topological polar surface area (TPSA) is 80.2 Å². The van der Waals surface area contributed by atoms with Crippen LogP contribution in [0.1, 0.15) is 32.1 Å². The molecule has 0 radical (unpaired) electrons. The van der Waals surface area contributed by atoms with Crippen molar-refractivity contribution in [1.82, 2.24) is 9.97 Å². The van der Waals surface area contributed by atoms with Crippen molar-refractivity contribution in [2.45, 2.75) is 13.8 Å². The molecule has 0 saturated heterocycles. The molecule has 2 rings (SSSR count). The summed E-state index contributed by atoms with van der Waals surface area (Å²) in [6.07, 6.45) is 2.81. The van der Waals surface area contributed by atoms with E-state index in [0.717, 1.165) is 11.4 Å². The van der Waals surface area contributed by atoms with Crippen LogP contribution in [-0.2, 0) is 0 Å². The number of hydrogen-bond acceptors (Lipinski definition) is 4. The number of carbonyl (C=O) groups is 2. The Balaban J connectivity index is 0.000000200. The largest absolute Gasteiger partial charge is 0.478 e. The summed E-state index contributed by atoms with van der Waals surface area (Å²) in [5.41, 5.74) is 2.37. The highest BCUT2D eigenvalue weighted by molar-refractivity contribution is 6.67. The van der Waals surface area contributed by atoms with Gasteiger partial charge in [-0.3, -0.25) is 14.8 Å². The summed E-state index contributed by atoms with van der Waals surface area (Å²) >= 11 is 5.18. The van der Waals surface area contributed by atoms with Gasteiger partial charge in [-0.05, 0) is 49.7 Å². The Morgan fingerprint density at radius 3 is 1.70 bits per heavy atom. The highest BCUT2D eigenvalue weighted by atomic mass is 35.5. The molecule has 2 aromatic rings. The third kappa shape index (κ3) is 5.16. The van der Waals surface area contributed by atoms with Crippen molar-refractivity contribution in [2.24, 2.45) is 0 Å². The van der Waals surface area contributed by atoms with Crippen LogP contribution in [0.5, 0.6) is 0 Å². The average molecular weight is 293 g/mol. The molecule has 0 atom stereocenters. The van der Waals surface area contributed by atoms with E-state index in [4.69, 9.17) is 16.7 Å². The Labute approximate surface area is 121 Å². The fourth-order valence-electron chi connectivity index (χ4n) is 1.18. The van der Waals surface area contributed by atoms with Crippen LogP contribution in [0.3, 0.4) is 0 Å². The first-order valence-corrected chi connectivity index (χ1v) is 6.06. The number of nitrogens with zero attached hydrogens (tertiary/aromatic N) is 2. The molecule has 0 aliphatic rings. The number of pyridine rings is 2. The van der Waals surface area contributed by atoms with E-state index in [-0.39, 0.29) is 5.56 Å². The van der Waals surface area contributed by atoms with Gasteiger partial charge in [-0.1, -0.05) is 0 Å². The predicted molar refractivity (Wildman–Crippen MR) is 75.1 cm³/mol. The minimum Gasteiger partial charge on any atom is -0.478 e. The van der Waals surface area contributed by atoms with Crippen molar-refractivity contribution in [3.63, 3.8) is 0 Å². The smallest absolute Gasteiger partial charge is 0.337 e. The third-order valence-electron chi connectivity index (χ3n) is 2.30. The molecule has 2 heterocycles. The van der Waals surface area contributed by atoms with Crippen LogP contribution in [0.15, 0.2) is 36.7 Å². The van der Waals surface area contributed by atoms with Gasteiger partial charge in [0.25, 0.3) is 5.24 Å². The number of aromatic carboxylic acids is 1. The molecule has 1 N–H and O–H groups in total. The van der Waals surface area contributed by atoms with E-state index in [2.05, 4.69) is 9.97 Å². The van der Waals surface area contributed by atoms with E-state index in [1.54, 1.807) is 18.2 Å². The molecule has 0 spiro atoms. The van der Waals surface area contributed by atoms with Gasteiger partial charge in [-0.25, -0.2) is 4.79 Å². The summed E-state index contributed by atoms with van der Waals surface area (Å²) in [4.78, 5) is 28.5. The van der Waals surface area contributed by atoms with E-state index in [1.807, 2.05) is 13.8 Å². The minimum absolute atomic E-state index is 0.227. The number of carbonyl (C=O) groups excluding carboxylic acids is 1. The lowest BCUT2D eigenvalue weighted by Gasteiger charge is -1.92. The zero-order chi connectivity index (χ0) is 15.1. The molecule has 0 bridgehead atoms. The summed E-state index contributed by atoms with van der Waals surface area (Å²) in [6.45, 7) is 3.66. The van der Waals surface area contributed by atoms with Crippen molar-refractivity contribution in [3.05, 3.63) is 59.2 Å². The third-order valence-corrected chi connectivity index (χ3v) is 2.51. The molecule has 2 aromatic heterocycles. The number of carboxylic acid groups (broad SMARTS) is 1. The van der Waals surface area contributed by atoms with Gasteiger partial charge in [0, 0.05) is 23.8 Å². The van der Waals surface area contributed by atoms with E-state index in [0.29, 0.717) is 5.56 Å². The van der Waals surface area contributed by atoms with Gasteiger partial charge in [0.05, 0.1) is 11.1 Å². The molecule has 5 nitrogen and oxygen atoms in total. The number of halogens is 1. The van der Waals surface area contributed by atoms with Gasteiger partial charge in [-0.2, -0.15) is 0 Å². The molecule has 0 fully saturated rings. The normalized spacial score (nSPS) is 9.35. The fraction of sp³-hybridized carbons (Fsp3) is 0.143. The molecule has 20 heavy (non-hydrogen) atoms. The number of carboxylic acids is 1. The lowest BCUT2D eigenvalue weighted by atomic mass is 10.3. The lowest BCUT2D eigenvalue weighted by Crippen LogP contribution is -1.96. The fourth-order valence-corrected chi connectivity index (χ4v) is 1.29. The Bertz CT molecular complexity index is 539. The highest BCUT2D eigenvalue weighted by Crippen LogP contribution is 2.02. The van der Waals surface area contributed by atoms with Gasteiger partial charge in [0.2, 0.25) is 0 Å². The van der Waals surface area contributed by atoms with E-state index >= 15 is 0 Å². The van der Waals surface area contributed by atoms with Gasteiger partial charge < -0.3 is 5.11 Å². The van der Waals surface area contributed by atoms with Crippen LogP contribution >= 0.6 is 11.6 Å².